The number of nitrogen functional groups attached to an aromatic ring is 1. The molecule has 0 heterocycles. The standard InChI is InChI=1S/C15H21BrN2O2/c1-18(12-5-3-2-4-6-12)9-11-7-10(15(19)20)8-13(16)14(11)17/h7-8,12H,2-6,9,17H2,1H3,(H,19,20). The second kappa shape index (κ2) is 6.59. The summed E-state index contributed by atoms with van der Waals surface area (Å²) in [6.45, 7) is 0.691. The summed E-state index contributed by atoms with van der Waals surface area (Å²) in [6.07, 6.45) is 6.33. The fourth-order valence-electron chi connectivity index (χ4n) is 2.85. The summed E-state index contributed by atoms with van der Waals surface area (Å²) in [5.74, 6) is -0.924. The van der Waals surface area contributed by atoms with Crippen LogP contribution in [-0.2, 0) is 6.54 Å². The van der Waals surface area contributed by atoms with Crippen molar-refractivity contribution in [1.29, 1.82) is 0 Å². The van der Waals surface area contributed by atoms with Crippen LogP contribution in [0.2, 0.25) is 0 Å². The molecule has 0 atom stereocenters. The van der Waals surface area contributed by atoms with Crippen LogP contribution < -0.4 is 5.73 Å². The molecule has 1 saturated carbocycles. The zero-order valence-electron chi connectivity index (χ0n) is 11.7. The highest BCUT2D eigenvalue weighted by molar-refractivity contribution is 9.10. The summed E-state index contributed by atoms with van der Waals surface area (Å²) >= 11 is 3.34. The van der Waals surface area contributed by atoms with E-state index in [4.69, 9.17) is 10.8 Å². The van der Waals surface area contributed by atoms with Gasteiger partial charge < -0.3 is 10.8 Å². The van der Waals surface area contributed by atoms with Crippen molar-refractivity contribution in [3.8, 4) is 0 Å². The highest BCUT2D eigenvalue weighted by Crippen LogP contribution is 2.29. The van der Waals surface area contributed by atoms with Gasteiger partial charge in [0.05, 0.1) is 11.3 Å². The molecule has 0 saturated heterocycles. The van der Waals surface area contributed by atoms with Gasteiger partial charge in [-0.05, 0) is 53.5 Å². The number of aromatic carboxylic acids is 1. The van der Waals surface area contributed by atoms with Gasteiger partial charge in [0.15, 0.2) is 0 Å². The second-order valence-corrected chi connectivity index (χ2v) is 6.40. The molecule has 20 heavy (non-hydrogen) atoms. The first kappa shape index (κ1) is 15.3. The first-order valence-corrected chi connectivity index (χ1v) is 7.79. The van der Waals surface area contributed by atoms with Crippen molar-refractivity contribution in [2.75, 3.05) is 12.8 Å². The Morgan fingerprint density at radius 2 is 2.05 bits per heavy atom. The Labute approximate surface area is 128 Å². The Kier molecular flexibility index (Phi) is 5.05. The van der Waals surface area contributed by atoms with Gasteiger partial charge in [0, 0.05) is 17.1 Å². The van der Waals surface area contributed by atoms with Crippen molar-refractivity contribution in [3.63, 3.8) is 0 Å². The maximum atomic E-state index is 11.1. The first-order valence-electron chi connectivity index (χ1n) is 7.00. The van der Waals surface area contributed by atoms with Crippen LogP contribution in [0.15, 0.2) is 16.6 Å². The zero-order valence-corrected chi connectivity index (χ0v) is 13.3. The summed E-state index contributed by atoms with van der Waals surface area (Å²) in [6, 6.07) is 3.82. The number of carboxylic acids is 1. The number of carboxylic acid groups (broad SMARTS) is 1. The largest absolute Gasteiger partial charge is 0.478 e. The Morgan fingerprint density at radius 3 is 2.65 bits per heavy atom. The molecule has 1 fully saturated rings. The molecule has 0 radical (unpaired) electrons. The van der Waals surface area contributed by atoms with Crippen LogP contribution in [0, 0.1) is 0 Å². The summed E-state index contributed by atoms with van der Waals surface area (Å²) in [5.41, 5.74) is 7.86. The van der Waals surface area contributed by atoms with E-state index in [1.807, 2.05) is 0 Å². The van der Waals surface area contributed by atoms with Crippen molar-refractivity contribution >= 4 is 27.6 Å². The van der Waals surface area contributed by atoms with Gasteiger partial charge in [-0.2, -0.15) is 0 Å². The second-order valence-electron chi connectivity index (χ2n) is 5.54. The lowest BCUT2D eigenvalue weighted by Gasteiger charge is -2.31. The molecule has 0 aliphatic heterocycles. The fourth-order valence-corrected chi connectivity index (χ4v) is 3.35. The van der Waals surface area contributed by atoms with Crippen molar-refractivity contribution in [1.82, 2.24) is 4.90 Å². The number of nitrogens with two attached hydrogens (primary N) is 1. The minimum atomic E-state index is -0.924. The predicted octanol–water partition coefficient (Wildman–Crippen LogP) is 3.49. The highest BCUT2D eigenvalue weighted by atomic mass is 79.9. The molecule has 1 aliphatic carbocycles. The van der Waals surface area contributed by atoms with Gasteiger partial charge >= 0.3 is 5.97 Å². The Balaban J connectivity index is 2.17. The molecule has 3 N–H and O–H groups in total. The Bertz CT molecular complexity index is 499. The van der Waals surface area contributed by atoms with E-state index in [1.165, 1.54) is 32.1 Å². The van der Waals surface area contributed by atoms with Gasteiger partial charge in [0.1, 0.15) is 0 Å². The number of hydrogen-bond acceptors (Lipinski definition) is 3. The van der Waals surface area contributed by atoms with Gasteiger partial charge in [0.25, 0.3) is 0 Å². The monoisotopic (exact) mass is 340 g/mol. The fraction of sp³-hybridized carbons (Fsp3) is 0.533. The smallest absolute Gasteiger partial charge is 0.335 e. The van der Waals surface area contributed by atoms with Crippen molar-refractivity contribution in [3.05, 3.63) is 27.7 Å². The van der Waals surface area contributed by atoms with Gasteiger partial charge in [-0.3, -0.25) is 4.90 Å². The minimum Gasteiger partial charge on any atom is -0.478 e. The summed E-state index contributed by atoms with van der Waals surface area (Å²) in [4.78, 5) is 13.4. The van der Waals surface area contributed by atoms with Crippen LogP contribution in [0.3, 0.4) is 0 Å². The van der Waals surface area contributed by atoms with Gasteiger partial charge in [-0.15, -0.1) is 0 Å². The lowest BCUT2D eigenvalue weighted by molar-refractivity contribution is 0.0696. The van der Waals surface area contributed by atoms with Crippen molar-refractivity contribution in [2.24, 2.45) is 0 Å². The van der Waals surface area contributed by atoms with Crippen LogP contribution in [0.1, 0.15) is 48.0 Å². The predicted molar refractivity (Wildman–Crippen MR) is 83.9 cm³/mol. The average molecular weight is 341 g/mol. The first-order chi connectivity index (χ1) is 9.49. The van der Waals surface area contributed by atoms with Crippen molar-refractivity contribution in [2.45, 2.75) is 44.7 Å². The van der Waals surface area contributed by atoms with Crippen LogP contribution in [0.5, 0.6) is 0 Å². The molecule has 4 nitrogen and oxygen atoms in total. The number of halogens is 1. The SMILES string of the molecule is CN(Cc1cc(C(=O)O)cc(Br)c1N)C1CCCCC1. The molecule has 1 aliphatic rings. The summed E-state index contributed by atoms with van der Waals surface area (Å²) in [5, 5.41) is 9.13. The molecule has 1 aromatic rings. The van der Waals surface area contributed by atoms with E-state index < -0.39 is 5.97 Å². The third-order valence-electron chi connectivity index (χ3n) is 4.08. The molecular formula is C15H21BrN2O2. The van der Waals surface area contributed by atoms with E-state index >= 15 is 0 Å². The summed E-state index contributed by atoms with van der Waals surface area (Å²) in [7, 11) is 2.09. The Hall–Kier alpha value is -1.07. The number of hydrogen-bond donors (Lipinski definition) is 2. The molecule has 2 rings (SSSR count). The molecule has 0 aromatic heterocycles. The minimum absolute atomic E-state index is 0.276. The van der Waals surface area contributed by atoms with Crippen LogP contribution >= 0.6 is 15.9 Å². The molecular weight excluding hydrogens is 320 g/mol. The molecule has 0 amide bonds. The van der Waals surface area contributed by atoms with E-state index in [2.05, 4.69) is 27.9 Å². The topological polar surface area (TPSA) is 66.6 Å². The average Bonchev–Trinajstić information content (AvgIpc) is 2.44. The lowest BCUT2D eigenvalue weighted by atomic mass is 9.94. The van der Waals surface area contributed by atoms with Crippen LogP contribution in [0.25, 0.3) is 0 Å². The molecule has 0 unspecified atom stereocenters. The zero-order chi connectivity index (χ0) is 14.7. The highest BCUT2D eigenvalue weighted by Gasteiger charge is 2.20. The third-order valence-corrected chi connectivity index (χ3v) is 4.74. The number of carbonyl (C=O) groups is 1. The maximum Gasteiger partial charge on any atom is 0.335 e. The number of benzene rings is 1. The summed E-state index contributed by atoms with van der Waals surface area (Å²) < 4.78 is 0.657. The van der Waals surface area contributed by atoms with E-state index in [1.54, 1.807) is 12.1 Å². The van der Waals surface area contributed by atoms with Crippen LogP contribution in [0.4, 0.5) is 5.69 Å². The quantitative estimate of drug-likeness (QED) is 0.823. The molecule has 110 valence electrons. The molecule has 5 heteroatoms. The van der Waals surface area contributed by atoms with E-state index in [9.17, 15) is 4.79 Å². The third kappa shape index (κ3) is 3.52. The molecule has 0 bridgehead atoms. The van der Waals surface area contributed by atoms with E-state index in [0.717, 1.165) is 5.56 Å². The Morgan fingerprint density at radius 1 is 1.40 bits per heavy atom. The maximum absolute atomic E-state index is 11.1. The molecule has 1 aromatic carbocycles. The van der Waals surface area contributed by atoms with Gasteiger partial charge in [0.2, 0.25) is 0 Å². The van der Waals surface area contributed by atoms with E-state index in [-0.39, 0.29) is 5.56 Å². The van der Waals surface area contributed by atoms with Crippen LogP contribution in [-0.4, -0.2) is 29.1 Å². The number of rotatable bonds is 4. The number of anilines is 1. The lowest BCUT2D eigenvalue weighted by Crippen LogP contribution is -2.33. The van der Waals surface area contributed by atoms with Gasteiger partial charge in [-0.1, -0.05) is 19.3 Å². The van der Waals surface area contributed by atoms with Gasteiger partial charge in [-0.25, -0.2) is 4.79 Å². The van der Waals surface area contributed by atoms with E-state index in [0.29, 0.717) is 22.7 Å². The normalized spacial score (nSPS) is 16.6. The van der Waals surface area contributed by atoms with Crippen molar-refractivity contribution < 1.29 is 9.90 Å². The molecule has 0 spiro atoms. The number of nitrogens with zero attached hydrogens (tertiary/aromatic N) is 1.